The smallest absolute Gasteiger partial charge is 0.208 e. The Morgan fingerprint density at radius 2 is 1.45 bits per heavy atom. The van der Waals surface area contributed by atoms with Crippen LogP contribution in [-0.2, 0) is 12.8 Å². The van der Waals surface area contributed by atoms with Crippen LogP contribution in [0, 0.1) is 0 Å². The van der Waals surface area contributed by atoms with Gasteiger partial charge < -0.3 is 19.7 Å². The van der Waals surface area contributed by atoms with Gasteiger partial charge in [0.1, 0.15) is 27.9 Å². The van der Waals surface area contributed by atoms with E-state index in [1.807, 2.05) is 26.0 Å². The highest BCUT2D eigenvalue weighted by molar-refractivity contribution is 5.99. The molecule has 1 heterocycles. The van der Waals surface area contributed by atoms with E-state index in [0.717, 1.165) is 24.0 Å². The summed E-state index contributed by atoms with van der Waals surface area (Å²) in [7, 11) is 0. The number of rotatable bonds is 7. The van der Waals surface area contributed by atoms with Crippen LogP contribution in [0.1, 0.15) is 58.6 Å². The quantitative estimate of drug-likeness (QED) is 0.210. The second-order valence-corrected chi connectivity index (χ2v) is 9.05. The number of fused-ring (bicyclic) bond motifs is 2. The highest BCUT2D eigenvalue weighted by Gasteiger charge is 2.21. The number of phenols is 3. The maximum absolute atomic E-state index is 13.3. The lowest BCUT2D eigenvalue weighted by atomic mass is 9.97. The molecule has 33 heavy (non-hydrogen) atoms. The highest BCUT2D eigenvalue weighted by Crippen LogP contribution is 2.37. The summed E-state index contributed by atoms with van der Waals surface area (Å²) in [4.78, 5) is 13.3. The molecule has 0 aliphatic rings. The van der Waals surface area contributed by atoms with Crippen LogP contribution in [0.2, 0.25) is 0 Å². The van der Waals surface area contributed by atoms with Gasteiger partial charge in [0.15, 0.2) is 11.3 Å². The minimum absolute atomic E-state index is 0.0219. The Balaban J connectivity index is 2.20. The SMILES string of the molecule is CC(C)=CCCC(C)=CCc1cc(CC=C(C)C)c2oc3c(O)ccc(O)c3c(=O)c2c1O. The van der Waals surface area contributed by atoms with Crippen molar-refractivity contribution < 1.29 is 19.7 Å². The van der Waals surface area contributed by atoms with Gasteiger partial charge in [0, 0.05) is 0 Å². The number of benzene rings is 2. The molecule has 2 aromatic carbocycles. The van der Waals surface area contributed by atoms with E-state index >= 15 is 0 Å². The number of aromatic hydroxyl groups is 3. The summed E-state index contributed by atoms with van der Waals surface area (Å²) < 4.78 is 5.92. The van der Waals surface area contributed by atoms with E-state index in [9.17, 15) is 20.1 Å². The molecule has 0 amide bonds. The average molecular weight is 449 g/mol. The predicted octanol–water partition coefficient (Wildman–Crippen LogP) is 6.81. The van der Waals surface area contributed by atoms with Crippen LogP contribution in [-0.4, -0.2) is 15.3 Å². The monoisotopic (exact) mass is 448 g/mol. The van der Waals surface area contributed by atoms with E-state index in [1.54, 1.807) is 0 Å². The molecule has 0 saturated heterocycles. The van der Waals surface area contributed by atoms with Gasteiger partial charge in [0.25, 0.3) is 0 Å². The van der Waals surface area contributed by atoms with Crippen LogP contribution in [0.4, 0.5) is 0 Å². The van der Waals surface area contributed by atoms with Gasteiger partial charge in [-0.25, -0.2) is 0 Å². The Bertz CT molecular complexity index is 1340. The lowest BCUT2D eigenvalue weighted by molar-refractivity contribution is 0.456. The summed E-state index contributed by atoms with van der Waals surface area (Å²) in [6.45, 7) is 10.2. The van der Waals surface area contributed by atoms with E-state index in [1.165, 1.54) is 23.3 Å². The molecule has 0 bridgehead atoms. The molecular weight excluding hydrogens is 416 g/mol. The lowest BCUT2D eigenvalue weighted by Crippen LogP contribution is -2.06. The fourth-order valence-corrected chi connectivity index (χ4v) is 3.81. The maximum atomic E-state index is 13.3. The van der Waals surface area contributed by atoms with Crippen molar-refractivity contribution in [3.05, 3.63) is 74.5 Å². The molecule has 0 atom stereocenters. The molecule has 0 fully saturated rings. The minimum Gasteiger partial charge on any atom is -0.507 e. The molecule has 0 radical (unpaired) electrons. The third-order valence-corrected chi connectivity index (χ3v) is 5.67. The standard InChI is InChI=1S/C28H32O5/c1-16(2)7-6-8-18(5)10-12-19-15-20(11-9-17(3)4)27-24(25(19)31)26(32)23-21(29)13-14-22(30)28(23)33-27/h7,9-10,13-15,29-31H,6,8,11-12H2,1-5H3. The van der Waals surface area contributed by atoms with Gasteiger partial charge in [-0.1, -0.05) is 34.9 Å². The van der Waals surface area contributed by atoms with Gasteiger partial charge in [0.05, 0.1) is 0 Å². The molecule has 0 aliphatic heterocycles. The first-order valence-corrected chi connectivity index (χ1v) is 11.2. The number of allylic oxidation sites excluding steroid dienone is 6. The van der Waals surface area contributed by atoms with Gasteiger partial charge in [0.2, 0.25) is 5.43 Å². The van der Waals surface area contributed by atoms with Gasteiger partial charge in [-0.2, -0.15) is 0 Å². The van der Waals surface area contributed by atoms with Crippen LogP contribution >= 0.6 is 0 Å². The van der Waals surface area contributed by atoms with Crippen LogP contribution in [0.5, 0.6) is 17.2 Å². The third-order valence-electron chi connectivity index (χ3n) is 5.67. The zero-order chi connectivity index (χ0) is 24.3. The Hall–Kier alpha value is -3.47. The van der Waals surface area contributed by atoms with Crippen molar-refractivity contribution in [2.24, 2.45) is 0 Å². The second kappa shape index (κ2) is 9.99. The average Bonchev–Trinajstić information content (AvgIpc) is 2.74. The van der Waals surface area contributed by atoms with Crippen molar-refractivity contribution in [1.29, 1.82) is 0 Å². The van der Waals surface area contributed by atoms with Gasteiger partial charge in [-0.3, -0.25) is 4.79 Å². The van der Waals surface area contributed by atoms with Crippen molar-refractivity contribution in [2.45, 2.75) is 60.3 Å². The summed E-state index contributed by atoms with van der Waals surface area (Å²) in [6, 6.07) is 4.37. The Labute approximate surface area is 194 Å². The first-order valence-electron chi connectivity index (χ1n) is 11.2. The molecule has 3 aromatic rings. The summed E-state index contributed by atoms with van der Waals surface area (Å²) in [5.74, 6) is -0.699. The molecular formula is C28H32O5. The molecule has 0 saturated carbocycles. The first-order chi connectivity index (χ1) is 15.6. The molecule has 0 aliphatic carbocycles. The zero-order valence-electron chi connectivity index (χ0n) is 20.0. The van der Waals surface area contributed by atoms with Crippen LogP contribution < -0.4 is 5.43 Å². The Morgan fingerprint density at radius 3 is 2.12 bits per heavy atom. The van der Waals surface area contributed by atoms with E-state index < -0.39 is 5.43 Å². The molecule has 0 unspecified atom stereocenters. The lowest BCUT2D eigenvalue weighted by Gasteiger charge is -2.13. The molecule has 1 aromatic heterocycles. The predicted molar refractivity (Wildman–Crippen MR) is 134 cm³/mol. The largest absolute Gasteiger partial charge is 0.507 e. The Kier molecular flexibility index (Phi) is 7.32. The molecule has 0 spiro atoms. The Morgan fingerprint density at radius 1 is 0.818 bits per heavy atom. The van der Waals surface area contributed by atoms with Crippen molar-refractivity contribution in [3.63, 3.8) is 0 Å². The number of phenolic OH excluding ortho intramolecular Hbond substituents is 3. The van der Waals surface area contributed by atoms with Gasteiger partial charge in [-0.05, 0) is 89.6 Å². The summed E-state index contributed by atoms with van der Waals surface area (Å²) >= 11 is 0. The molecule has 5 heteroatoms. The summed E-state index contributed by atoms with van der Waals surface area (Å²) in [5, 5.41) is 31.4. The second-order valence-electron chi connectivity index (χ2n) is 9.05. The fraction of sp³-hybridized carbons (Fsp3) is 0.321. The van der Waals surface area contributed by atoms with Crippen molar-refractivity contribution in [3.8, 4) is 17.2 Å². The van der Waals surface area contributed by atoms with Crippen molar-refractivity contribution in [2.75, 3.05) is 0 Å². The van der Waals surface area contributed by atoms with Crippen LogP contribution in [0.15, 0.2) is 62.4 Å². The molecule has 5 nitrogen and oxygen atoms in total. The topological polar surface area (TPSA) is 90.9 Å². The van der Waals surface area contributed by atoms with E-state index in [-0.39, 0.29) is 39.2 Å². The normalized spacial score (nSPS) is 11.7. The third kappa shape index (κ3) is 5.30. The number of hydrogen-bond acceptors (Lipinski definition) is 5. The molecule has 3 N–H and O–H groups in total. The van der Waals surface area contributed by atoms with Crippen LogP contribution in [0.3, 0.4) is 0 Å². The van der Waals surface area contributed by atoms with Crippen LogP contribution in [0.25, 0.3) is 21.9 Å². The molecule has 174 valence electrons. The van der Waals surface area contributed by atoms with E-state index in [0.29, 0.717) is 18.4 Å². The van der Waals surface area contributed by atoms with E-state index in [2.05, 4.69) is 32.9 Å². The number of hydrogen-bond donors (Lipinski definition) is 3. The zero-order valence-corrected chi connectivity index (χ0v) is 20.0. The summed E-state index contributed by atoms with van der Waals surface area (Å²) in [6.07, 6.45) is 9.12. The first kappa shape index (κ1) is 24.2. The van der Waals surface area contributed by atoms with Gasteiger partial charge in [-0.15, -0.1) is 0 Å². The van der Waals surface area contributed by atoms with Gasteiger partial charge >= 0.3 is 0 Å². The molecule has 3 rings (SSSR count). The minimum atomic E-state index is -0.568. The maximum Gasteiger partial charge on any atom is 0.208 e. The van der Waals surface area contributed by atoms with E-state index in [4.69, 9.17) is 4.42 Å². The fourth-order valence-electron chi connectivity index (χ4n) is 3.81. The highest BCUT2D eigenvalue weighted by atomic mass is 16.4. The van der Waals surface area contributed by atoms with Crippen molar-refractivity contribution >= 4 is 21.9 Å². The van der Waals surface area contributed by atoms with Crippen molar-refractivity contribution in [1.82, 2.24) is 0 Å². The summed E-state index contributed by atoms with van der Waals surface area (Å²) in [5.41, 5.74) is 4.50.